The molecule has 1 aromatic rings. The number of amides is 2. The van der Waals surface area contributed by atoms with E-state index in [1.807, 2.05) is 6.92 Å². The zero-order chi connectivity index (χ0) is 15.1. The van der Waals surface area contributed by atoms with Crippen molar-refractivity contribution in [1.29, 1.82) is 0 Å². The predicted octanol–water partition coefficient (Wildman–Crippen LogP) is 3.58. The van der Waals surface area contributed by atoms with Crippen molar-refractivity contribution in [2.24, 2.45) is 0 Å². The Labute approximate surface area is 129 Å². The zero-order valence-electron chi connectivity index (χ0n) is 11.6. The summed E-state index contributed by atoms with van der Waals surface area (Å²) in [6, 6.07) is 4.83. The van der Waals surface area contributed by atoms with Gasteiger partial charge in [0.15, 0.2) is 0 Å². The first-order chi connectivity index (χ1) is 9.47. The predicted molar refractivity (Wildman–Crippen MR) is 82.3 cm³/mol. The van der Waals surface area contributed by atoms with Crippen LogP contribution < -0.4 is 5.32 Å². The fourth-order valence-corrected chi connectivity index (χ4v) is 2.20. The standard InChI is InChI=1S/C14H18Cl2N2O2/c1-3-7-18(14(20)4-2)9-13(19)17-12-6-5-10(15)8-11(12)16/h5-6,8H,3-4,7,9H2,1-2H3,(H,17,19). The van der Waals surface area contributed by atoms with Crippen LogP contribution in [0.3, 0.4) is 0 Å². The molecule has 6 heteroatoms. The molecule has 0 atom stereocenters. The molecule has 0 radical (unpaired) electrons. The highest BCUT2D eigenvalue weighted by Gasteiger charge is 2.15. The van der Waals surface area contributed by atoms with Crippen molar-refractivity contribution in [2.75, 3.05) is 18.4 Å². The van der Waals surface area contributed by atoms with E-state index >= 15 is 0 Å². The third-order valence-electron chi connectivity index (χ3n) is 2.69. The minimum absolute atomic E-state index is 0.0273. The van der Waals surface area contributed by atoms with Gasteiger partial charge in [-0.15, -0.1) is 0 Å². The van der Waals surface area contributed by atoms with Gasteiger partial charge in [0.05, 0.1) is 17.3 Å². The number of anilines is 1. The van der Waals surface area contributed by atoms with Crippen molar-refractivity contribution in [3.63, 3.8) is 0 Å². The average Bonchev–Trinajstić information content (AvgIpc) is 2.40. The van der Waals surface area contributed by atoms with E-state index in [1.54, 1.807) is 30.0 Å². The van der Waals surface area contributed by atoms with Gasteiger partial charge in [-0.05, 0) is 24.6 Å². The molecule has 0 aliphatic heterocycles. The highest BCUT2D eigenvalue weighted by atomic mass is 35.5. The molecule has 0 saturated heterocycles. The van der Waals surface area contributed by atoms with Gasteiger partial charge in [0.1, 0.15) is 0 Å². The number of halogens is 2. The SMILES string of the molecule is CCCN(CC(=O)Nc1ccc(Cl)cc1Cl)C(=O)CC. The van der Waals surface area contributed by atoms with Gasteiger partial charge < -0.3 is 10.2 Å². The van der Waals surface area contributed by atoms with Crippen molar-refractivity contribution in [3.8, 4) is 0 Å². The molecule has 1 rings (SSSR count). The summed E-state index contributed by atoms with van der Waals surface area (Å²) in [5.41, 5.74) is 0.487. The van der Waals surface area contributed by atoms with E-state index in [0.717, 1.165) is 6.42 Å². The number of carbonyl (C=O) groups excluding carboxylic acids is 2. The summed E-state index contributed by atoms with van der Waals surface area (Å²) in [5, 5.41) is 3.55. The zero-order valence-corrected chi connectivity index (χ0v) is 13.1. The molecule has 20 heavy (non-hydrogen) atoms. The lowest BCUT2D eigenvalue weighted by Crippen LogP contribution is -2.38. The van der Waals surface area contributed by atoms with Crippen molar-refractivity contribution in [3.05, 3.63) is 28.2 Å². The van der Waals surface area contributed by atoms with Crippen molar-refractivity contribution < 1.29 is 9.59 Å². The van der Waals surface area contributed by atoms with Gasteiger partial charge >= 0.3 is 0 Å². The summed E-state index contributed by atoms with van der Waals surface area (Å²) in [7, 11) is 0. The molecule has 0 saturated carbocycles. The summed E-state index contributed by atoms with van der Waals surface area (Å²) >= 11 is 11.8. The molecule has 0 fully saturated rings. The van der Waals surface area contributed by atoms with Crippen molar-refractivity contribution >= 4 is 40.7 Å². The van der Waals surface area contributed by atoms with Crippen LogP contribution in [0.5, 0.6) is 0 Å². The first-order valence-electron chi connectivity index (χ1n) is 6.50. The molecule has 2 amide bonds. The quantitative estimate of drug-likeness (QED) is 0.872. The average molecular weight is 317 g/mol. The Hall–Kier alpha value is -1.26. The highest BCUT2D eigenvalue weighted by molar-refractivity contribution is 6.36. The van der Waals surface area contributed by atoms with Crippen molar-refractivity contribution in [2.45, 2.75) is 26.7 Å². The Kier molecular flexibility index (Phi) is 6.82. The van der Waals surface area contributed by atoms with Crippen LogP contribution in [0.1, 0.15) is 26.7 Å². The summed E-state index contributed by atoms with van der Waals surface area (Å²) in [4.78, 5) is 25.2. The normalized spacial score (nSPS) is 10.2. The van der Waals surface area contributed by atoms with Crippen LogP contribution in [0.25, 0.3) is 0 Å². The Bertz CT molecular complexity index is 492. The number of nitrogens with zero attached hydrogens (tertiary/aromatic N) is 1. The molecular formula is C14H18Cl2N2O2. The lowest BCUT2D eigenvalue weighted by Gasteiger charge is -2.21. The fourth-order valence-electron chi connectivity index (χ4n) is 1.74. The molecule has 110 valence electrons. The van der Waals surface area contributed by atoms with Crippen LogP contribution in [-0.2, 0) is 9.59 Å². The minimum Gasteiger partial charge on any atom is -0.333 e. The second kappa shape index (κ2) is 8.12. The Morgan fingerprint density at radius 2 is 1.95 bits per heavy atom. The lowest BCUT2D eigenvalue weighted by molar-refractivity contribution is -0.134. The molecule has 0 spiro atoms. The van der Waals surface area contributed by atoms with Gasteiger partial charge in [-0.1, -0.05) is 37.0 Å². The van der Waals surface area contributed by atoms with Gasteiger partial charge in [-0.3, -0.25) is 9.59 Å². The largest absolute Gasteiger partial charge is 0.333 e. The molecule has 1 N–H and O–H groups in total. The van der Waals surface area contributed by atoms with Crippen LogP contribution in [-0.4, -0.2) is 29.8 Å². The first-order valence-corrected chi connectivity index (χ1v) is 7.26. The van der Waals surface area contributed by atoms with E-state index in [0.29, 0.717) is 28.7 Å². The van der Waals surface area contributed by atoms with Crippen LogP contribution >= 0.6 is 23.2 Å². The summed E-state index contributed by atoms with van der Waals surface area (Å²) in [6.45, 7) is 4.33. The minimum atomic E-state index is -0.274. The van der Waals surface area contributed by atoms with E-state index in [2.05, 4.69) is 5.32 Å². The summed E-state index contributed by atoms with van der Waals surface area (Å²) in [6.07, 6.45) is 1.19. The number of nitrogens with one attached hydrogen (secondary N) is 1. The third kappa shape index (κ3) is 5.02. The van der Waals surface area contributed by atoms with E-state index in [9.17, 15) is 9.59 Å². The molecular weight excluding hydrogens is 299 g/mol. The van der Waals surface area contributed by atoms with E-state index < -0.39 is 0 Å². The fraction of sp³-hybridized carbons (Fsp3) is 0.429. The smallest absolute Gasteiger partial charge is 0.244 e. The van der Waals surface area contributed by atoms with Crippen LogP contribution in [0, 0.1) is 0 Å². The third-order valence-corrected chi connectivity index (χ3v) is 3.24. The van der Waals surface area contributed by atoms with Crippen LogP contribution in [0.2, 0.25) is 10.0 Å². The second-order valence-electron chi connectivity index (χ2n) is 4.34. The number of benzene rings is 1. The lowest BCUT2D eigenvalue weighted by atomic mass is 10.3. The number of carbonyl (C=O) groups is 2. The van der Waals surface area contributed by atoms with E-state index in [-0.39, 0.29) is 18.4 Å². The molecule has 0 aromatic heterocycles. The maximum Gasteiger partial charge on any atom is 0.244 e. The monoisotopic (exact) mass is 316 g/mol. The maximum absolute atomic E-state index is 12.0. The number of hydrogen-bond acceptors (Lipinski definition) is 2. The van der Waals surface area contributed by atoms with Gasteiger partial charge in [0.25, 0.3) is 0 Å². The van der Waals surface area contributed by atoms with E-state index in [1.165, 1.54) is 0 Å². The topological polar surface area (TPSA) is 49.4 Å². The molecule has 0 heterocycles. The molecule has 1 aromatic carbocycles. The Morgan fingerprint density at radius 1 is 1.25 bits per heavy atom. The highest BCUT2D eigenvalue weighted by Crippen LogP contribution is 2.25. The molecule has 0 bridgehead atoms. The van der Waals surface area contributed by atoms with Crippen LogP contribution in [0.4, 0.5) is 5.69 Å². The Morgan fingerprint density at radius 3 is 2.50 bits per heavy atom. The van der Waals surface area contributed by atoms with Crippen LogP contribution in [0.15, 0.2) is 18.2 Å². The van der Waals surface area contributed by atoms with Gasteiger partial charge in [-0.2, -0.15) is 0 Å². The number of hydrogen-bond donors (Lipinski definition) is 1. The van der Waals surface area contributed by atoms with Gasteiger partial charge in [0.2, 0.25) is 11.8 Å². The Balaban J connectivity index is 2.67. The van der Waals surface area contributed by atoms with Crippen molar-refractivity contribution in [1.82, 2.24) is 4.90 Å². The van der Waals surface area contributed by atoms with Gasteiger partial charge in [-0.25, -0.2) is 0 Å². The molecule has 0 aliphatic rings. The first kappa shape index (κ1) is 16.8. The molecule has 0 unspecified atom stereocenters. The number of rotatable bonds is 6. The second-order valence-corrected chi connectivity index (χ2v) is 5.18. The molecule has 4 nitrogen and oxygen atoms in total. The maximum atomic E-state index is 12.0. The molecule has 0 aliphatic carbocycles. The summed E-state index contributed by atoms with van der Waals surface area (Å²) in [5.74, 6) is -0.311. The summed E-state index contributed by atoms with van der Waals surface area (Å²) < 4.78 is 0. The van der Waals surface area contributed by atoms with Gasteiger partial charge in [0, 0.05) is 18.0 Å². The van der Waals surface area contributed by atoms with E-state index in [4.69, 9.17) is 23.2 Å².